The number of hydrogen-bond acceptors (Lipinski definition) is 3. The highest BCUT2D eigenvalue weighted by molar-refractivity contribution is 6.17. The van der Waals surface area contributed by atoms with Gasteiger partial charge in [0.1, 0.15) is 0 Å². The van der Waals surface area contributed by atoms with Crippen LogP contribution in [0.2, 0.25) is 0 Å². The monoisotopic (exact) mass is 379 g/mol. The van der Waals surface area contributed by atoms with Gasteiger partial charge in [0.2, 0.25) is 0 Å². The summed E-state index contributed by atoms with van der Waals surface area (Å²) in [6, 6.07) is 22.6. The van der Waals surface area contributed by atoms with Crippen molar-refractivity contribution in [3.8, 4) is 11.3 Å². The topological polar surface area (TPSA) is 39.3 Å². The molecule has 0 saturated carbocycles. The van der Waals surface area contributed by atoms with Crippen LogP contribution in [0.25, 0.3) is 11.3 Å². The maximum Gasteiger partial charge on any atom is 0.252 e. The molecule has 1 fully saturated rings. The minimum atomic E-state index is -0.122. The second kappa shape index (κ2) is 7.89. The first-order valence-corrected chi connectivity index (χ1v) is 9.71. The van der Waals surface area contributed by atoms with E-state index in [4.69, 9.17) is 11.6 Å². The van der Waals surface area contributed by atoms with Crippen molar-refractivity contribution in [2.45, 2.75) is 5.88 Å². The normalized spacial score (nSPS) is 14.4. The maximum atomic E-state index is 12.0. The maximum absolute atomic E-state index is 12.0. The Bertz CT molecular complexity index is 945. The third kappa shape index (κ3) is 3.86. The molecule has 3 aromatic rings. The Morgan fingerprint density at radius 3 is 1.93 bits per heavy atom. The summed E-state index contributed by atoms with van der Waals surface area (Å²) in [5.74, 6) is 0.226. The Labute approximate surface area is 164 Å². The van der Waals surface area contributed by atoms with Gasteiger partial charge in [-0.05, 0) is 35.9 Å². The summed E-state index contributed by atoms with van der Waals surface area (Å²) in [7, 11) is 0. The zero-order valence-electron chi connectivity index (χ0n) is 15.1. The first kappa shape index (κ1) is 17.7. The van der Waals surface area contributed by atoms with Gasteiger partial charge in [0.05, 0.1) is 5.88 Å². The number of H-pyrrole nitrogens is 1. The lowest BCUT2D eigenvalue weighted by molar-refractivity contribution is 0.653. The van der Waals surface area contributed by atoms with Gasteiger partial charge in [0.15, 0.2) is 0 Å². The van der Waals surface area contributed by atoms with Gasteiger partial charge in [-0.15, -0.1) is 11.6 Å². The molecule has 2 aromatic carbocycles. The molecule has 0 amide bonds. The summed E-state index contributed by atoms with van der Waals surface area (Å²) in [6.07, 6.45) is 0. The molecule has 0 spiro atoms. The van der Waals surface area contributed by atoms with Crippen molar-refractivity contribution in [3.63, 3.8) is 0 Å². The Hall–Kier alpha value is -2.72. The van der Waals surface area contributed by atoms with E-state index >= 15 is 0 Å². The summed E-state index contributed by atoms with van der Waals surface area (Å²) < 4.78 is 0. The number of halogens is 1. The van der Waals surface area contributed by atoms with Crippen molar-refractivity contribution in [2.75, 3.05) is 36.0 Å². The number of anilines is 2. The molecule has 1 aliphatic heterocycles. The van der Waals surface area contributed by atoms with Gasteiger partial charge in [-0.3, -0.25) is 4.79 Å². The van der Waals surface area contributed by atoms with E-state index in [-0.39, 0.29) is 11.4 Å². The predicted octanol–water partition coefficient (Wildman–Crippen LogP) is 4.11. The zero-order valence-corrected chi connectivity index (χ0v) is 15.8. The fourth-order valence-corrected chi connectivity index (χ4v) is 3.70. The largest absolute Gasteiger partial charge is 0.368 e. The number of nitrogens with zero attached hydrogens (tertiary/aromatic N) is 2. The summed E-state index contributed by atoms with van der Waals surface area (Å²) in [5.41, 5.74) is 4.79. The van der Waals surface area contributed by atoms with Gasteiger partial charge in [-0.1, -0.05) is 36.4 Å². The first-order chi connectivity index (χ1) is 13.2. The van der Waals surface area contributed by atoms with E-state index in [1.165, 1.54) is 11.4 Å². The summed E-state index contributed by atoms with van der Waals surface area (Å²) >= 11 is 5.76. The molecular weight excluding hydrogens is 358 g/mol. The van der Waals surface area contributed by atoms with Gasteiger partial charge in [0.25, 0.3) is 5.56 Å². The van der Waals surface area contributed by atoms with Crippen LogP contribution in [-0.4, -0.2) is 31.2 Å². The van der Waals surface area contributed by atoms with Crippen molar-refractivity contribution < 1.29 is 0 Å². The van der Waals surface area contributed by atoms with Crippen molar-refractivity contribution in [1.29, 1.82) is 0 Å². The lowest BCUT2D eigenvalue weighted by Gasteiger charge is -2.37. The Balaban J connectivity index is 1.44. The summed E-state index contributed by atoms with van der Waals surface area (Å²) in [6.45, 7) is 4.02. The van der Waals surface area contributed by atoms with Crippen molar-refractivity contribution in [2.24, 2.45) is 0 Å². The molecule has 1 aliphatic rings. The molecular formula is C22H22ClN3O. The van der Waals surface area contributed by atoms with E-state index in [0.717, 1.165) is 37.4 Å². The summed E-state index contributed by atoms with van der Waals surface area (Å²) in [5, 5.41) is 0. The molecule has 4 nitrogen and oxygen atoms in total. The van der Waals surface area contributed by atoms with Gasteiger partial charge >= 0.3 is 0 Å². The Morgan fingerprint density at radius 2 is 1.37 bits per heavy atom. The lowest BCUT2D eigenvalue weighted by atomic mass is 10.1. The average molecular weight is 380 g/mol. The number of aromatic nitrogens is 1. The highest BCUT2D eigenvalue weighted by Gasteiger charge is 2.17. The molecule has 0 unspecified atom stereocenters. The van der Waals surface area contributed by atoms with Gasteiger partial charge in [-0.2, -0.15) is 0 Å². The first-order valence-electron chi connectivity index (χ1n) is 9.18. The third-order valence-corrected chi connectivity index (χ3v) is 5.37. The molecule has 0 aliphatic carbocycles. The molecule has 1 saturated heterocycles. The average Bonchev–Trinajstić information content (AvgIpc) is 2.74. The molecule has 1 aromatic heterocycles. The molecule has 0 radical (unpaired) electrons. The van der Waals surface area contributed by atoms with E-state index in [2.05, 4.69) is 69.4 Å². The van der Waals surface area contributed by atoms with Gasteiger partial charge in [-0.25, -0.2) is 0 Å². The fourth-order valence-electron chi connectivity index (χ4n) is 3.49. The number of hydrogen-bond donors (Lipinski definition) is 1. The van der Waals surface area contributed by atoms with Gasteiger partial charge in [0, 0.05) is 48.8 Å². The summed E-state index contributed by atoms with van der Waals surface area (Å²) in [4.78, 5) is 19.7. The van der Waals surface area contributed by atoms with E-state index in [1.54, 1.807) is 6.07 Å². The van der Waals surface area contributed by atoms with Crippen LogP contribution in [0.1, 0.15) is 5.56 Å². The van der Waals surface area contributed by atoms with Crippen LogP contribution in [-0.2, 0) is 5.88 Å². The molecule has 27 heavy (non-hydrogen) atoms. The lowest BCUT2D eigenvalue weighted by Crippen LogP contribution is -2.46. The number of nitrogens with one attached hydrogen (secondary N) is 1. The number of benzene rings is 2. The number of para-hydroxylation sites is 1. The SMILES string of the molecule is O=c1[nH]c(-c2ccc(N3CCN(c4ccccc4)CC3)cc2)ccc1CCl. The molecule has 0 atom stereocenters. The van der Waals surface area contributed by atoms with Crippen LogP contribution in [0.4, 0.5) is 11.4 Å². The predicted molar refractivity (Wildman–Crippen MR) is 113 cm³/mol. The molecule has 5 heteroatoms. The van der Waals surface area contributed by atoms with Crippen LogP contribution in [0.3, 0.4) is 0 Å². The highest BCUT2D eigenvalue weighted by atomic mass is 35.5. The quantitative estimate of drug-likeness (QED) is 0.693. The molecule has 138 valence electrons. The molecule has 0 bridgehead atoms. The van der Waals surface area contributed by atoms with Crippen LogP contribution in [0, 0.1) is 0 Å². The van der Waals surface area contributed by atoms with Crippen LogP contribution < -0.4 is 15.4 Å². The van der Waals surface area contributed by atoms with Gasteiger partial charge < -0.3 is 14.8 Å². The number of rotatable bonds is 4. The number of piperazine rings is 1. The fraction of sp³-hybridized carbons (Fsp3) is 0.227. The number of pyridine rings is 1. The Morgan fingerprint density at radius 1 is 0.778 bits per heavy atom. The Kier molecular flexibility index (Phi) is 5.16. The van der Waals surface area contributed by atoms with Crippen molar-refractivity contribution in [3.05, 3.63) is 82.6 Å². The van der Waals surface area contributed by atoms with E-state index < -0.39 is 0 Å². The van der Waals surface area contributed by atoms with E-state index in [1.807, 2.05) is 6.07 Å². The van der Waals surface area contributed by atoms with Crippen molar-refractivity contribution >= 4 is 23.0 Å². The van der Waals surface area contributed by atoms with Crippen molar-refractivity contribution in [1.82, 2.24) is 4.98 Å². The third-order valence-electron chi connectivity index (χ3n) is 5.08. The molecule has 4 rings (SSSR count). The second-order valence-corrected chi connectivity index (χ2v) is 6.98. The van der Waals surface area contributed by atoms with Crippen LogP contribution in [0.15, 0.2) is 71.5 Å². The molecule has 1 N–H and O–H groups in total. The molecule has 2 heterocycles. The number of alkyl halides is 1. The highest BCUT2D eigenvalue weighted by Crippen LogP contribution is 2.24. The standard InChI is InChI=1S/C22H22ClN3O/c23-16-18-8-11-21(24-22(18)27)17-6-9-20(10-7-17)26-14-12-25(13-15-26)19-4-2-1-3-5-19/h1-11H,12-16H2,(H,24,27). The number of aromatic amines is 1. The van der Waals surface area contributed by atoms with E-state index in [9.17, 15) is 4.79 Å². The van der Waals surface area contributed by atoms with Crippen LogP contribution >= 0.6 is 11.6 Å². The van der Waals surface area contributed by atoms with E-state index in [0.29, 0.717) is 5.56 Å². The minimum Gasteiger partial charge on any atom is -0.368 e. The smallest absolute Gasteiger partial charge is 0.252 e. The second-order valence-electron chi connectivity index (χ2n) is 6.72. The van der Waals surface area contributed by atoms with Crippen LogP contribution in [0.5, 0.6) is 0 Å². The zero-order chi connectivity index (χ0) is 18.6. The minimum absolute atomic E-state index is 0.122.